The van der Waals surface area contributed by atoms with Crippen LogP contribution in [-0.4, -0.2) is 33.5 Å². The van der Waals surface area contributed by atoms with E-state index in [4.69, 9.17) is 19.9 Å². The molecule has 0 heterocycles. The van der Waals surface area contributed by atoms with Crippen LogP contribution in [-0.2, 0) is 6.42 Å². The van der Waals surface area contributed by atoms with Gasteiger partial charge in [-0.05, 0) is 31.0 Å². The molecule has 0 aromatic heterocycles. The molecule has 0 saturated heterocycles. The molecule has 0 saturated carbocycles. The Bertz CT molecular complexity index is 377. The maximum Gasteiger partial charge on any atom is 0.203 e. The first-order chi connectivity index (χ1) is 9.12. The zero-order chi connectivity index (χ0) is 14.3. The Labute approximate surface area is 125 Å². The Morgan fingerprint density at radius 1 is 1.20 bits per heavy atom. The van der Waals surface area contributed by atoms with Crippen molar-refractivity contribution in [3.63, 3.8) is 0 Å². The van der Waals surface area contributed by atoms with Gasteiger partial charge in [0.1, 0.15) is 0 Å². The van der Waals surface area contributed by atoms with E-state index in [2.05, 4.69) is 0 Å². The van der Waals surface area contributed by atoms with Gasteiger partial charge in [0.2, 0.25) is 5.75 Å². The number of nitrogens with two attached hydrogens (primary N) is 1. The second kappa shape index (κ2) is 9.66. The summed E-state index contributed by atoms with van der Waals surface area (Å²) in [5.41, 5.74) is 6.80. The highest BCUT2D eigenvalue weighted by molar-refractivity contribution is 5.85. The third-order valence-electron chi connectivity index (χ3n) is 2.60. The third kappa shape index (κ3) is 5.43. The molecule has 1 aromatic carbocycles. The van der Waals surface area contributed by atoms with Gasteiger partial charge >= 0.3 is 0 Å². The Hall–Kier alpha value is -1.20. The van der Waals surface area contributed by atoms with Gasteiger partial charge in [0.25, 0.3) is 0 Å². The zero-order valence-corrected chi connectivity index (χ0v) is 13.0. The van der Waals surface area contributed by atoms with Gasteiger partial charge in [-0.1, -0.05) is 0 Å². The molecule has 1 atom stereocenters. The van der Waals surface area contributed by atoms with Crippen molar-refractivity contribution >= 4 is 12.4 Å². The van der Waals surface area contributed by atoms with Crippen molar-refractivity contribution < 1.29 is 18.6 Å². The molecule has 0 aliphatic carbocycles. The van der Waals surface area contributed by atoms with Crippen molar-refractivity contribution in [2.24, 2.45) is 5.73 Å². The fourth-order valence-corrected chi connectivity index (χ4v) is 1.79. The average Bonchev–Trinajstić information content (AvgIpc) is 2.38. The molecular formula is C14H23ClFNO3. The van der Waals surface area contributed by atoms with Crippen LogP contribution in [0.1, 0.15) is 18.9 Å². The zero-order valence-electron chi connectivity index (χ0n) is 12.1. The van der Waals surface area contributed by atoms with Crippen LogP contribution >= 0.6 is 12.4 Å². The molecule has 116 valence electrons. The predicted octanol–water partition coefficient (Wildman–Crippen LogP) is 2.75. The Kier molecular flexibility index (Phi) is 9.08. The molecule has 0 fully saturated rings. The second-order valence-electron chi connectivity index (χ2n) is 4.40. The van der Waals surface area contributed by atoms with Crippen LogP contribution in [0.2, 0.25) is 0 Å². The summed E-state index contributed by atoms with van der Waals surface area (Å²) in [5, 5.41) is 0. The standard InChI is InChI=1S/C14H22FNO3.ClH/c1-10(16)7-11-8-12(17-2)14(13(9-11)18-3)19-6-4-5-15;/h8-10H,4-7,16H2,1-3H3;1H. The molecular weight excluding hydrogens is 285 g/mol. The number of ether oxygens (including phenoxy) is 3. The topological polar surface area (TPSA) is 53.7 Å². The molecule has 0 radical (unpaired) electrons. The van der Waals surface area contributed by atoms with Crippen LogP contribution < -0.4 is 19.9 Å². The second-order valence-corrected chi connectivity index (χ2v) is 4.40. The average molecular weight is 308 g/mol. The van der Waals surface area contributed by atoms with E-state index in [0.717, 1.165) is 12.0 Å². The number of methoxy groups -OCH3 is 2. The highest BCUT2D eigenvalue weighted by Gasteiger charge is 2.14. The molecule has 2 N–H and O–H groups in total. The summed E-state index contributed by atoms with van der Waals surface area (Å²) in [7, 11) is 3.12. The van der Waals surface area contributed by atoms with Crippen molar-refractivity contribution in [1.29, 1.82) is 0 Å². The van der Waals surface area contributed by atoms with E-state index in [1.165, 1.54) is 0 Å². The molecule has 1 aromatic rings. The van der Waals surface area contributed by atoms with Gasteiger partial charge in [0.15, 0.2) is 11.5 Å². The van der Waals surface area contributed by atoms with Crippen LogP contribution in [0.15, 0.2) is 12.1 Å². The highest BCUT2D eigenvalue weighted by Crippen LogP contribution is 2.38. The number of hydrogen-bond acceptors (Lipinski definition) is 4. The summed E-state index contributed by atoms with van der Waals surface area (Å²) < 4.78 is 28.2. The molecule has 0 bridgehead atoms. The summed E-state index contributed by atoms with van der Waals surface area (Å²) in [6.07, 6.45) is 1.06. The predicted molar refractivity (Wildman–Crippen MR) is 80.2 cm³/mol. The smallest absolute Gasteiger partial charge is 0.203 e. The van der Waals surface area contributed by atoms with Crippen LogP contribution in [0, 0.1) is 0 Å². The number of halogens is 2. The van der Waals surface area contributed by atoms with E-state index in [9.17, 15) is 4.39 Å². The lowest BCUT2D eigenvalue weighted by molar-refractivity contribution is 0.258. The lowest BCUT2D eigenvalue weighted by atomic mass is 10.1. The first-order valence-corrected chi connectivity index (χ1v) is 6.31. The summed E-state index contributed by atoms with van der Waals surface area (Å²) >= 11 is 0. The van der Waals surface area contributed by atoms with Crippen molar-refractivity contribution in [3.05, 3.63) is 17.7 Å². The lowest BCUT2D eigenvalue weighted by Crippen LogP contribution is -2.17. The van der Waals surface area contributed by atoms with Gasteiger partial charge < -0.3 is 19.9 Å². The largest absolute Gasteiger partial charge is 0.493 e. The quantitative estimate of drug-likeness (QED) is 0.750. The fraction of sp³-hybridized carbons (Fsp3) is 0.571. The summed E-state index contributed by atoms with van der Waals surface area (Å²) in [6.45, 7) is 1.81. The Morgan fingerprint density at radius 2 is 1.75 bits per heavy atom. The first kappa shape index (κ1) is 18.8. The summed E-state index contributed by atoms with van der Waals surface area (Å²) in [6, 6.07) is 3.79. The number of hydrogen-bond donors (Lipinski definition) is 1. The first-order valence-electron chi connectivity index (χ1n) is 6.31. The lowest BCUT2D eigenvalue weighted by Gasteiger charge is -2.16. The molecule has 6 heteroatoms. The maximum atomic E-state index is 12.1. The summed E-state index contributed by atoms with van der Waals surface area (Å²) in [5.74, 6) is 1.66. The molecule has 0 aliphatic rings. The Balaban J connectivity index is 0.00000361. The van der Waals surface area contributed by atoms with Crippen LogP contribution in [0.3, 0.4) is 0 Å². The van der Waals surface area contributed by atoms with Crippen LogP contribution in [0.25, 0.3) is 0 Å². The van der Waals surface area contributed by atoms with E-state index >= 15 is 0 Å². The van der Waals surface area contributed by atoms with Gasteiger partial charge in [-0.25, -0.2) is 0 Å². The van der Waals surface area contributed by atoms with E-state index in [0.29, 0.717) is 23.7 Å². The van der Waals surface area contributed by atoms with Crippen molar-refractivity contribution in [1.82, 2.24) is 0 Å². The molecule has 0 amide bonds. The minimum absolute atomic E-state index is 0. The SMILES string of the molecule is COc1cc(CC(C)N)cc(OC)c1OCCCF.Cl. The van der Waals surface area contributed by atoms with E-state index < -0.39 is 6.67 Å². The molecule has 0 aliphatic heterocycles. The van der Waals surface area contributed by atoms with Gasteiger partial charge in [-0.2, -0.15) is 0 Å². The van der Waals surface area contributed by atoms with Crippen molar-refractivity contribution in [2.45, 2.75) is 25.8 Å². The van der Waals surface area contributed by atoms with E-state index in [1.807, 2.05) is 19.1 Å². The fourth-order valence-electron chi connectivity index (χ4n) is 1.79. The molecule has 4 nitrogen and oxygen atoms in total. The third-order valence-corrected chi connectivity index (χ3v) is 2.60. The summed E-state index contributed by atoms with van der Waals surface area (Å²) in [4.78, 5) is 0. The molecule has 20 heavy (non-hydrogen) atoms. The normalized spacial score (nSPS) is 11.4. The molecule has 0 spiro atoms. The maximum absolute atomic E-state index is 12.1. The van der Waals surface area contributed by atoms with Gasteiger partial charge in [0.05, 0.1) is 27.5 Å². The van der Waals surface area contributed by atoms with Gasteiger partial charge in [-0.3, -0.25) is 4.39 Å². The highest BCUT2D eigenvalue weighted by atomic mass is 35.5. The van der Waals surface area contributed by atoms with Crippen molar-refractivity contribution in [3.8, 4) is 17.2 Å². The van der Waals surface area contributed by atoms with Crippen LogP contribution in [0.5, 0.6) is 17.2 Å². The van der Waals surface area contributed by atoms with E-state index in [-0.39, 0.29) is 25.1 Å². The van der Waals surface area contributed by atoms with E-state index in [1.54, 1.807) is 14.2 Å². The Morgan fingerprint density at radius 3 is 2.15 bits per heavy atom. The number of benzene rings is 1. The molecule has 1 rings (SSSR count). The monoisotopic (exact) mass is 307 g/mol. The van der Waals surface area contributed by atoms with Gasteiger partial charge in [-0.15, -0.1) is 12.4 Å². The van der Waals surface area contributed by atoms with Crippen LogP contribution in [0.4, 0.5) is 4.39 Å². The van der Waals surface area contributed by atoms with Crippen molar-refractivity contribution in [2.75, 3.05) is 27.5 Å². The number of rotatable bonds is 8. The molecule has 1 unspecified atom stereocenters. The minimum atomic E-state index is -0.409. The van der Waals surface area contributed by atoms with Gasteiger partial charge in [0, 0.05) is 12.5 Å². The number of alkyl halides is 1. The minimum Gasteiger partial charge on any atom is -0.493 e.